The Morgan fingerprint density at radius 1 is 1.67 bits per heavy atom. The SMILES string of the molecule is C=c1cc/c(=C(/[O-])OCC)o1.[Zn+2]. The average molecular weight is 219 g/mol. The Morgan fingerprint density at radius 2 is 2.33 bits per heavy atom. The van der Waals surface area contributed by atoms with Crippen molar-refractivity contribution in [2.45, 2.75) is 6.92 Å². The molecule has 0 aromatic carbocycles. The van der Waals surface area contributed by atoms with Crippen LogP contribution < -0.4 is 15.9 Å². The van der Waals surface area contributed by atoms with Crippen LogP contribution in [0.3, 0.4) is 0 Å². The van der Waals surface area contributed by atoms with Gasteiger partial charge in [-0.05, 0) is 18.7 Å². The van der Waals surface area contributed by atoms with Gasteiger partial charge in [0.05, 0.1) is 5.95 Å². The third-order valence-electron chi connectivity index (χ3n) is 1.14. The molecule has 1 rings (SSSR count). The normalized spacial score (nSPS) is 11.8. The fourth-order valence-corrected chi connectivity index (χ4v) is 0.690. The van der Waals surface area contributed by atoms with Crippen LogP contribution in [-0.4, -0.2) is 6.61 Å². The minimum absolute atomic E-state index is 0. The predicted octanol–water partition coefficient (Wildman–Crippen LogP) is -0.850. The summed E-state index contributed by atoms with van der Waals surface area (Å²) in [6, 6.07) is 3.16. The molecule has 0 bridgehead atoms. The van der Waals surface area contributed by atoms with Crippen LogP contribution in [0.4, 0.5) is 0 Å². The minimum Gasteiger partial charge on any atom is -0.611 e. The molecule has 0 spiro atoms. The number of hydrogen-bond donors (Lipinski definition) is 0. The Labute approximate surface area is 83.1 Å². The van der Waals surface area contributed by atoms with Crippen molar-refractivity contribution in [2.75, 3.05) is 6.61 Å². The van der Waals surface area contributed by atoms with Crippen molar-refractivity contribution < 1.29 is 33.7 Å². The molecule has 0 aliphatic rings. The van der Waals surface area contributed by atoms with Crippen molar-refractivity contribution >= 4 is 12.5 Å². The molecular weight excluding hydrogens is 209 g/mol. The number of rotatable bonds is 2. The first-order chi connectivity index (χ1) is 5.24. The summed E-state index contributed by atoms with van der Waals surface area (Å²) in [5.41, 5.74) is 0.671. The first-order valence-electron chi connectivity index (χ1n) is 3.33. The molecule has 0 aliphatic heterocycles. The summed E-state index contributed by atoms with van der Waals surface area (Å²) in [4.78, 5) is 0. The number of hydrogen-bond acceptors (Lipinski definition) is 3. The molecule has 1 heterocycles. The number of furan rings is 1. The van der Waals surface area contributed by atoms with Crippen LogP contribution in [0.25, 0.3) is 12.5 Å². The van der Waals surface area contributed by atoms with Gasteiger partial charge in [0.15, 0.2) is 0 Å². The van der Waals surface area contributed by atoms with Gasteiger partial charge in [-0.15, -0.1) is 0 Å². The molecule has 0 aliphatic carbocycles. The van der Waals surface area contributed by atoms with Gasteiger partial charge in [0.2, 0.25) is 0 Å². The first-order valence-corrected chi connectivity index (χ1v) is 3.33. The van der Waals surface area contributed by atoms with E-state index in [1.807, 2.05) is 0 Å². The van der Waals surface area contributed by atoms with Gasteiger partial charge in [-0.2, -0.15) is 0 Å². The third kappa shape index (κ3) is 2.70. The maximum atomic E-state index is 10.9. The maximum Gasteiger partial charge on any atom is 2.00 e. The Bertz CT molecular complexity index is 328. The van der Waals surface area contributed by atoms with Crippen LogP contribution in [0, 0.1) is 0 Å². The fourth-order valence-electron chi connectivity index (χ4n) is 0.690. The molecule has 0 unspecified atom stereocenters. The standard InChI is InChI=1S/C8H10O3.Zn/c1-3-10-8(9)7-5-4-6(2)11-7;/h4-5,9H,2-3H2,1H3;/q;+2/p-1/b8-7+;. The van der Waals surface area contributed by atoms with Crippen LogP contribution in [0.5, 0.6) is 0 Å². The Hall–Kier alpha value is -0.757. The second kappa shape index (κ2) is 4.99. The van der Waals surface area contributed by atoms with Gasteiger partial charge in [0.1, 0.15) is 10.8 Å². The van der Waals surface area contributed by atoms with E-state index in [0.29, 0.717) is 12.0 Å². The molecule has 1 aromatic rings. The van der Waals surface area contributed by atoms with Crippen LogP contribution in [-0.2, 0) is 24.2 Å². The molecule has 3 nitrogen and oxygen atoms in total. The van der Waals surface area contributed by atoms with Gasteiger partial charge in [0, 0.05) is 0 Å². The average Bonchev–Trinajstić information content (AvgIpc) is 2.36. The molecule has 0 radical (unpaired) electrons. The van der Waals surface area contributed by atoms with E-state index in [0.717, 1.165) is 0 Å². The van der Waals surface area contributed by atoms with Crippen molar-refractivity contribution in [3.8, 4) is 0 Å². The van der Waals surface area contributed by atoms with E-state index in [4.69, 9.17) is 4.42 Å². The van der Waals surface area contributed by atoms with E-state index in [1.165, 1.54) is 0 Å². The fraction of sp³-hybridized carbons (Fsp3) is 0.250. The minimum atomic E-state index is -0.442. The molecule has 12 heavy (non-hydrogen) atoms. The zero-order chi connectivity index (χ0) is 8.27. The van der Waals surface area contributed by atoms with E-state index in [9.17, 15) is 5.11 Å². The molecule has 4 heteroatoms. The topological polar surface area (TPSA) is 45.4 Å². The molecule has 0 amide bonds. The van der Waals surface area contributed by atoms with Gasteiger partial charge in [-0.3, -0.25) is 0 Å². The largest absolute Gasteiger partial charge is 2.00 e. The summed E-state index contributed by atoms with van der Waals surface area (Å²) in [5, 5.41) is 10.9. The third-order valence-corrected chi connectivity index (χ3v) is 1.14. The molecule has 60 valence electrons. The van der Waals surface area contributed by atoms with Crippen LogP contribution in [0.1, 0.15) is 6.92 Å². The molecule has 0 saturated heterocycles. The second-order valence-corrected chi connectivity index (χ2v) is 1.99. The smallest absolute Gasteiger partial charge is 0.611 e. The first kappa shape index (κ1) is 11.2. The van der Waals surface area contributed by atoms with E-state index in [2.05, 4.69) is 11.3 Å². The summed E-state index contributed by atoms with van der Waals surface area (Å²) in [5.74, 6) is -0.442. The van der Waals surface area contributed by atoms with E-state index < -0.39 is 5.95 Å². The quantitative estimate of drug-likeness (QED) is 0.608. The number of ether oxygens (including phenoxy) is 1. The predicted molar refractivity (Wildman–Crippen MR) is 38.5 cm³/mol. The summed E-state index contributed by atoms with van der Waals surface area (Å²) in [7, 11) is 0. The Morgan fingerprint density at radius 3 is 2.75 bits per heavy atom. The molecule has 1 aromatic heterocycles. The van der Waals surface area contributed by atoms with Gasteiger partial charge < -0.3 is 14.3 Å². The van der Waals surface area contributed by atoms with Crippen LogP contribution >= 0.6 is 0 Å². The summed E-state index contributed by atoms with van der Waals surface area (Å²) in [6.07, 6.45) is 0. The van der Waals surface area contributed by atoms with Gasteiger partial charge in [-0.1, -0.05) is 13.5 Å². The maximum absolute atomic E-state index is 10.9. The summed E-state index contributed by atoms with van der Waals surface area (Å²) < 4.78 is 9.59. The Balaban J connectivity index is 0.00000121. The molecule has 0 N–H and O–H groups in total. The van der Waals surface area contributed by atoms with Crippen molar-refractivity contribution in [3.63, 3.8) is 0 Å². The van der Waals surface area contributed by atoms with Crippen molar-refractivity contribution in [1.82, 2.24) is 0 Å². The zero-order valence-corrected chi connectivity index (χ0v) is 9.97. The summed E-state index contributed by atoms with van der Waals surface area (Å²) in [6.45, 7) is 5.60. The molecule has 0 atom stereocenters. The van der Waals surface area contributed by atoms with Gasteiger partial charge in [0.25, 0.3) is 0 Å². The van der Waals surface area contributed by atoms with Gasteiger partial charge >= 0.3 is 19.5 Å². The van der Waals surface area contributed by atoms with Crippen LogP contribution in [0.15, 0.2) is 16.5 Å². The second-order valence-electron chi connectivity index (χ2n) is 1.99. The molecule has 0 fully saturated rings. The van der Waals surface area contributed by atoms with E-state index >= 15 is 0 Å². The zero-order valence-electron chi connectivity index (χ0n) is 7.00. The van der Waals surface area contributed by atoms with E-state index in [-0.39, 0.29) is 24.9 Å². The van der Waals surface area contributed by atoms with Crippen molar-refractivity contribution in [2.24, 2.45) is 0 Å². The van der Waals surface area contributed by atoms with E-state index in [1.54, 1.807) is 19.1 Å². The van der Waals surface area contributed by atoms with Gasteiger partial charge in [-0.25, -0.2) is 0 Å². The van der Waals surface area contributed by atoms with Crippen LogP contribution in [0.2, 0.25) is 0 Å². The van der Waals surface area contributed by atoms with Crippen molar-refractivity contribution in [3.05, 3.63) is 23.0 Å². The Kier molecular flexibility index (Phi) is 4.68. The van der Waals surface area contributed by atoms with Crippen molar-refractivity contribution in [1.29, 1.82) is 0 Å². The monoisotopic (exact) mass is 217 g/mol. The molecular formula is C8H9O3Zn+. The molecule has 0 saturated carbocycles. The summed E-state index contributed by atoms with van der Waals surface area (Å²) >= 11 is 0.